The number of pyridine rings is 1. The van der Waals surface area contributed by atoms with E-state index >= 15 is 0 Å². The van der Waals surface area contributed by atoms with E-state index in [1.54, 1.807) is 6.20 Å². The zero-order chi connectivity index (χ0) is 14.1. The zero-order valence-electron chi connectivity index (χ0n) is 10.6. The molecule has 0 saturated heterocycles. The first-order valence-corrected chi connectivity index (χ1v) is 7.65. The third-order valence-electron chi connectivity index (χ3n) is 3.35. The Morgan fingerprint density at radius 2 is 1.95 bits per heavy atom. The van der Waals surface area contributed by atoms with Gasteiger partial charge in [-0.1, -0.05) is 29.8 Å². The van der Waals surface area contributed by atoms with Crippen LogP contribution in [-0.4, -0.2) is 4.98 Å². The number of hydrogen-bond acceptors (Lipinski definition) is 2. The van der Waals surface area contributed by atoms with E-state index in [-0.39, 0.29) is 6.04 Å². The molecule has 2 N–H and O–H groups in total. The van der Waals surface area contributed by atoms with Crippen molar-refractivity contribution in [3.63, 3.8) is 0 Å². The second-order valence-corrected chi connectivity index (χ2v) is 6.19. The summed E-state index contributed by atoms with van der Waals surface area (Å²) in [5, 5.41) is 2.93. The number of nitrogens with two attached hydrogens (primary N) is 1. The highest BCUT2D eigenvalue weighted by Crippen LogP contribution is 2.30. The summed E-state index contributed by atoms with van der Waals surface area (Å²) >= 11 is 8.38. The lowest BCUT2D eigenvalue weighted by molar-refractivity contribution is 0.874. The molecule has 3 rings (SSSR count). The fourth-order valence-electron chi connectivity index (χ4n) is 2.33. The van der Waals surface area contributed by atoms with Crippen molar-refractivity contribution in [2.24, 2.45) is 5.73 Å². The molecular formula is C16H12ClIN2. The largest absolute Gasteiger partial charge is 0.320 e. The van der Waals surface area contributed by atoms with E-state index in [1.165, 1.54) is 0 Å². The van der Waals surface area contributed by atoms with Gasteiger partial charge in [0.1, 0.15) is 0 Å². The highest BCUT2D eigenvalue weighted by molar-refractivity contribution is 14.1. The Morgan fingerprint density at radius 1 is 1.10 bits per heavy atom. The Bertz CT molecular complexity index is 768. The highest BCUT2D eigenvalue weighted by Gasteiger charge is 2.15. The van der Waals surface area contributed by atoms with Crippen LogP contribution >= 0.6 is 34.2 Å². The van der Waals surface area contributed by atoms with Gasteiger partial charge in [-0.25, -0.2) is 0 Å². The third-order valence-corrected chi connectivity index (χ3v) is 4.56. The van der Waals surface area contributed by atoms with Gasteiger partial charge >= 0.3 is 0 Å². The van der Waals surface area contributed by atoms with E-state index in [2.05, 4.69) is 33.6 Å². The number of halogens is 2. The van der Waals surface area contributed by atoms with E-state index in [4.69, 9.17) is 17.3 Å². The predicted molar refractivity (Wildman–Crippen MR) is 91.9 cm³/mol. The van der Waals surface area contributed by atoms with Gasteiger partial charge in [-0.15, -0.1) is 0 Å². The smallest absolute Gasteiger partial charge is 0.0569 e. The van der Waals surface area contributed by atoms with Gasteiger partial charge < -0.3 is 5.73 Å². The topological polar surface area (TPSA) is 38.9 Å². The van der Waals surface area contributed by atoms with Crippen molar-refractivity contribution in [3.8, 4) is 0 Å². The Labute approximate surface area is 136 Å². The molecule has 0 fully saturated rings. The maximum Gasteiger partial charge on any atom is 0.0569 e. The molecule has 0 aliphatic rings. The molecule has 100 valence electrons. The molecule has 1 aromatic heterocycles. The van der Waals surface area contributed by atoms with E-state index in [9.17, 15) is 0 Å². The second kappa shape index (κ2) is 5.68. The van der Waals surface area contributed by atoms with Gasteiger partial charge in [-0.2, -0.15) is 0 Å². The fourth-order valence-corrected chi connectivity index (χ4v) is 3.18. The molecule has 1 unspecified atom stereocenters. The highest BCUT2D eigenvalue weighted by atomic mass is 127. The van der Waals surface area contributed by atoms with Crippen molar-refractivity contribution >= 4 is 45.0 Å². The lowest BCUT2D eigenvalue weighted by atomic mass is 9.95. The van der Waals surface area contributed by atoms with Crippen LogP contribution in [0.2, 0.25) is 5.02 Å². The van der Waals surface area contributed by atoms with Crippen molar-refractivity contribution in [2.45, 2.75) is 6.04 Å². The maximum absolute atomic E-state index is 6.46. The normalized spacial score (nSPS) is 12.6. The predicted octanol–water partition coefficient (Wildman–Crippen LogP) is 4.54. The first kappa shape index (κ1) is 13.8. The minimum absolute atomic E-state index is 0.214. The Morgan fingerprint density at radius 3 is 2.80 bits per heavy atom. The van der Waals surface area contributed by atoms with Crippen molar-refractivity contribution in [2.75, 3.05) is 0 Å². The molecule has 0 spiro atoms. The van der Waals surface area contributed by atoms with Gasteiger partial charge in [-0.05, 0) is 63.4 Å². The summed E-state index contributed by atoms with van der Waals surface area (Å²) in [5.74, 6) is 0. The first-order valence-electron chi connectivity index (χ1n) is 6.20. The van der Waals surface area contributed by atoms with E-state index < -0.39 is 0 Å². The maximum atomic E-state index is 6.46. The minimum Gasteiger partial charge on any atom is -0.320 e. The van der Waals surface area contributed by atoms with Crippen LogP contribution < -0.4 is 5.73 Å². The fraction of sp³-hybridized carbons (Fsp3) is 0.0625. The molecule has 3 aromatic rings. The molecule has 4 heteroatoms. The lowest BCUT2D eigenvalue weighted by Gasteiger charge is -2.17. The molecule has 0 radical (unpaired) electrons. The van der Waals surface area contributed by atoms with Crippen LogP contribution in [0.25, 0.3) is 10.8 Å². The van der Waals surface area contributed by atoms with E-state index in [1.807, 2.05) is 42.6 Å². The Kier molecular flexibility index (Phi) is 3.92. The number of fused-ring (bicyclic) bond motifs is 1. The summed E-state index contributed by atoms with van der Waals surface area (Å²) in [4.78, 5) is 4.21. The molecule has 0 saturated carbocycles. The van der Waals surface area contributed by atoms with Crippen molar-refractivity contribution in [1.82, 2.24) is 4.98 Å². The third kappa shape index (κ3) is 2.53. The summed E-state index contributed by atoms with van der Waals surface area (Å²) < 4.78 is 1.11. The SMILES string of the molecule is NC(c1cc(Cl)ccc1I)c1cccc2ccncc12. The first-order chi connectivity index (χ1) is 9.66. The van der Waals surface area contributed by atoms with Crippen LogP contribution in [0.3, 0.4) is 0 Å². The van der Waals surface area contributed by atoms with Gasteiger partial charge in [0.2, 0.25) is 0 Å². The molecule has 0 bridgehead atoms. The van der Waals surface area contributed by atoms with Crippen LogP contribution in [0, 0.1) is 3.57 Å². The van der Waals surface area contributed by atoms with E-state index in [0.29, 0.717) is 5.02 Å². The minimum atomic E-state index is -0.214. The van der Waals surface area contributed by atoms with Gasteiger partial charge in [-0.3, -0.25) is 4.98 Å². The van der Waals surface area contributed by atoms with Crippen molar-refractivity contribution < 1.29 is 0 Å². The number of hydrogen-bond donors (Lipinski definition) is 1. The van der Waals surface area contributed by atoms with Crippen LogP contribution in [0.15, 0.2) is 54.9 Å². The molecule has 1 heterocycles. The molecule has 0 aliphatic carbocycles. The van der Waals surface area contributed by atoms with Crippen LogP contribution in [0.5, 0.6) is 0 Å². The average Bonchev–Trinajstić information content (AvgIpc) is 2.48. The number of aromatic nitrogens is 1. The summed E-state index contributed by atoms with van der Waals surface area (Å²) in [5.41, 5.74) is 8.56. The Hall–Kier alpha value is -1.17. The van der Waals surface area contributed by atoms with Gasteiger partial charge in [0, 0.05) is 26.4 Å². The van der Waals surface area contributed by atoms with Crippen molar-refractivity contribution in [1.29, 1.82) is 0 Å². The number of nitrogens with zero attached hydrogens (tertiary/aromatic N) is 1. The molecule has 0 aliphatic heterocycles. The summed E-state index contributed by atoms with van der Waals surface area (Å²) in [6.45, 7) is 0. The van der Waals surface area contributed by atoms with Crippen LogP contribution in [0.4, 0.5) is 0 Å². The molecule has 2 aromatic carbocycles. The monoisotopic (exact) mass is 394 g/mol. The number of rotatable bonds is 2. The van der Waals surface area contributed by atoms with Gasteiger partial charge in [0.05, 0.1) is 6.04 Å². The molecule has 20 heavy (non-hydrogen) atoms. The molecule has 2 nitrogen and oxygen atoms in total. The summed E-state index contributed by atoms with van der Waals surface area (Å²) in [6, 6.07) is 13.7. The lowest BCUT2D eigenvalue weighted by Crippen LogP contribution is -2.13. The van der Waals surface area contributed by atoms with Crippen LogP contribution in [0.1, 0.15) is 17.2 Å². The quantitative estimate of drug-likeness (QED) is 0.648. The summed E-state index contributed by atoms with van der Waals surface area (Å²) in [7, 11) is 0. The summed E-state index contributed by atoms with van der Waals surface area (Å²) in [6.07, 6.45) is 3.66. The van der Waals surface area contributed by atoms with Gasteiger partial charge in [0.15, 0.2) is 0 Å². The number of benzene rings is 2. The molecular weight excluding hydrogens is 383 g/mol. The second-order valence-electron chi connectivity index (χ2n) is 4.59. The van der Waals surface area contributed by atoms with Crippen LogP contribution in [-0.2, 0) is 0 Å². The average molecular weight is 395 g/mol. The van der Waals surface area contributed by atoms with Gasteiger partial charge in [0.25, 0.3) is 0 Å². The Balaban J connectivity index is 2.17. The molecule has 1 atom stereocenters. The zero-order valence-corrected chi connectivity index (χ0v) is 13.5. The molecule has 0 amide bonds. The van der Waals surface area contributed by atoms with Crippen molar-refractivity contribution in [3.05, 3.63) is 74.6 Å². The van der Waals surface area contributed by atoms with E-state index in [0.717, 1.165) is 25.5 Å². The standard InChI is InChI=1S/C16H12ClIN2/c17-11-4-5-15(18)13(8-11)16(19)12-3-1-2-10-6-7-20-9-14(10)12/h1-9,16H,19H2.